The third-order valence-corrected chi connectivity index (χ3v) is 6.18. The first-order valence-corrected chi connectivity index (χ1v) is 10.6. The van der Waals surface area contributed by atoms with E-state index in [1.54, 1.807) is 12.1 Å². The summed E-state index contributed by atoms with van der Waals surface area (Å²) in [6.45, 7) is 3.89. The third kappa shape index (κ3) is 3.93. The summed E-state index contributed by atoms with van der Waals surface area (Å²) < 4.78 is 27.1. The highest BCUT2D eigenvalue weighted by Crippen LogP contribution is 2.25. The number of rotatable bonds is 5. The van der Waals surface area contributed by atoms with Crippen LogP contribution in [0.5, 0.6) is 0 Å². The fourth-order valence-electron chi connectivity index (χ4n) is 2.94. The van der Waals surface area contributed by atoms with E-state index in [9.17, 15) is 13.2 Å². The molecule has 0 atom stereocenters. The summed E-state index contributed by atoms with van der Waals surface area (Å²) in [5.74, 6) is -0.803. The molecule has 0 saturated heterocycles. The van der Waals surface area contributed by atoms with Crippen LogP contribution in [0.4, 0.5) is 0 Å². The lowest BCUT2D eigenvalue weighted by molar-refractivity contribution is -0.115. The van der Waals surface area contributed by atoms with Gasteiger partial charge in [0.2, 0.25) is 0 Å². The number of allylic oxidation sites excluding steroid dienone is 3. The van der Waals surface area contributed by atoms with Crippen LogP contribution in [0.25, 0.3) is 0 Å². The smallest absolute Gasteiger partial charge is 0.266 e. The van der Waals surface area contributed by atoms with E-state index in [0.29, 0.717) is 5.71 Å². The van der Waals surface area contributed by atoms with Crippen LogP contribution in [0.1, 0.15) is 25.0 Å². The summed E-state index contributed by atoms with van der Waals surface area (Å²) in [5, 5.41) is 0.0402. The fourth-order valence-corrected chi connectivity index (χ4v) is 4.42. The van der Waals surface area contributed by atoms with E-state index < -0.39 is 15.9 Å². The van der Waals surface area contributed by atoms with E-state index >= 15 is 0 Å². The Morgan fingerprint density at radius 1 is 1.14 bits per heavy atom. The highest BCUT2D eigenvalue weighted by atomic mass is 35.5. The normalized spacial score (nSPS) is 15.3. The molecule has 5 nitrogen and oxygen atoms in total. The second-order valence-corrected chi connectivity index (χ2v) is 8.17. The van der Waals surface area contributed by atoms with Crippen LogP contribution < -0.4 is 4.72 Å². The molecule has 0 radical (unpaired) electrons. The number of aryl methyl sites for hydroxylation is 1. The number of nitrogens with zero attached hydrogens (tertiary/aromatic N) is 1. The number of hydrogen-bond donors (Lipinski definition) is 1. The van der Waals surface area contributed by atoms with Crippen molar-refractivity contribution in [2.45, 2.75) is 25.2 Å². The summed E-state index contributed by atoms with van der Waals surface area (Å²) in [6.07, 6.45) is 4.24. The van der Waals surface area contributed by atoms with Crippen LogP contribution in [-0.4, -0.2) is 20.0 Å². The van der Waals surface area contributed by atoms with Gasteiger partial charge in [-0.2, -0.15) is 0 Å². The number of sulfonamides is 1. The van der Waals surface area contributed by atoms with Gasteiger partial charge in [-0.25, -0.2) is 18.1 Å². The summed E-state index contributed by atoms with van der Waals surface area (Å²) in [5.41, 5.74) is 3.47. The minimum atomic E-state index is -4.11. The van der Waals surface area contributed by atoms with Gasteiger partial charge >= 0.3 is 0 Å². The van der Waals surface area contributed by atoms with E-state index in [2.05, 4.69) is 4.99 Å². The van der Waals surface area contributed by atoms with Crippen molar-refractivity contribution in [2.75, 3.05) is 0 Å². The van der Waals surface area contributed by atoms with Gasteiger partial charge in [-0.05, 0) is 42.7 Å². The molecule has 144 valence electrons. The Morgan fingerprint density at radius 3 is 2.50 bits per heavy atom. The summed E-state index contributed by atoms with van der Waals surface area (Å²) >= 11 is 5.95. The molecule has 0 saturated carbocycles. The van der Waals surface area contributed by atoms with E-state index in [-0.39, 0.29) is 15.6 Å². The number of aliphatic imine (C=N–C) groups is 1. The van der Waals surface area contributed by atoms with E-state index in [0.717, 1.165) is 23.1 Å². The molecular formula is C21H19ClN2O3S. The average Bonchev–Trinajstić information content (AvgIpc) is 3.12. The maximum absolute atomic E-state index is 12.6. The summed E-state index contributed by atoms with van der Waals surface area (Å²) in [4.78, 5) is 16.9. The molecular weight excluding hydrogens is 396 g/mol. The lowest BCUT2D eigenvalue weighted by Gasteiger charge is -2.09. The lowest BCUT2D eigenvalue weighted by Crippen LogP contribution is -2.31. The molecule has 0 aromatic heterocycles. The third-order valence-electron chi connectivity index (χ3n) is 4.35. The minimum Gasteiger partial charge on any atom is -0.266 e. The largest absolute Gasteiger partial charge is 0.283 e. The molecule has 0 unspecified atom stereocenters. The molecule has 1 aliphatic rings. The molecule has 2 aromatic carbocycles. The Bertz CT molecular complexity index is 1130. The van der Waals surface area contributed by atoms with E-state index in [4.69, 9.17) is 11.6 Å². The molecule has 1 N–H and O–H groups in total. The van der Waals surface area contributed by atoms with Gasteiger partial charge < -0.3 is 0 Å². The summed E-state index contributed by atoms with van der Waals surface area (Å²) in [7, 11) is -4.11. The Morgan fingerprint density at radius 2 is 1.82 bits per heavy atom. The van der Waals surface area contributed by atoms with Gasteiger partial charge in [0.15, 0.2) is 0 Å². The SMILES string of the molecule is C/C=C1\C=C(C(=O)NS(=O)(=O)c2ccccc2Cl)N=C1c1ccccc1CC. The first-order chi connectivity index (χ1) is 13.4. The first kappa shape index (κ1) is 20.0. The topological polar surface area (TPSA) is 75.6 Å². The maximum Gasteiger partial charge on any atom is 0.283 e. The highest BCUT2D eigenvalue weighted by molar-refractivity contribution is 7.90. The van der Waals surface area contributed by atoms with Gasteiger partial charge in [0.25, 0.3) is 15.9 Å². The first-order valence-electron chi connectivity index (χ1n) is 8.74. The Balaban J connectivity index is 1.93. The second kappa shape index (κ2) is 8.12. The molecule has 28 heavy (non-hydrogen) atoms. The van der Waals surface area contributed by atoms with Crippen LogP contribution in [-0.2, 0) is 21.2 Å². The second-order valence-electron chi connectivity index (χ2n) is 6.11. The summed E-state index contributed by atoms with van der Waals surface area (Å²) in [6, 6.07) is 13.7. The van der Waals surface area contributed by atoms with Gasteiger partial charge in [-0.1, -0.05) is 61.0 Å². The molecule has 1 amide bonds. The number of nitrogens with one attached hydrogen (secondary N) is 1. The number of carbonyl (C=O) groups excluding carboxylic acids is 1. The van der Waals surface area contributed by atoms with Crippen molar-refractivity contribution >= 4 is 33.2 Å². The molecule has 1 heterocycles. The average molecular weight is 415 g/mol. The highest BCUT2D eigenvalue weighted by Gasteiger charge is 2.26. The van der Waals surface area contributed by atoms with Crippen molar-refractivity contribution in [3.8, 4) is 0 Å². The maximum atomic E-state index is 12.6. The zero-order valence-electron chi connectivity index (χ0n) is 15.4. The number of hydrogen-bond acceptors (Lipinski definition) is 4. The predicted molar refractivity (Wildman–Crippen MR) is 111 cm³/mol. The minimum absolute atomic E-state index is 0.0321. The van der Waals surface area contributed by atoms with Crippen molar-refractivity contribution in [2.24, 2.45) is 4.99 Å². The van der Waals surface area contributed by atoms with E-state index in [1.807, 2.05) is 48.9 Å². The molecule has 0 bridgehead atoms. The van der Waals surface area contributed by atoms with Crippen molar-refractivity contribution in [1.82, 2.24) is 4.72 Å². The molecule has 0 spiro atoms. The van der Waals surface area contributed by atoms with Crippen LogP contribution in [0, 0.1) is 0 Å². The molecule has 0 fully saturated rings. The van der Waals surface area contributed by atoms with Gasteiger partial charge in [0, 0.05) is 5.56 Å². The predicted octanol–water partition coefficient (Wildman–Crippen LogP) is 4.04. The number of carbonyl (C=O) groups is 1. The van der Waals surface area contributed by atoms with Crippen LogP contribution in [0.15, 0.2) is 81.8 Å². The monoisotopic (exact) mass is 414 g/mol. The molecule has 3 rings (SSSR count). The van der Waals surface area contributed by atoms with Crippen molar-refractivity contribution in [3.63, 3.8) is 0 Å². The van der Waals surface area contributed by atoms with Gasteiger partial charge in [-0.15, -0.1) is 0 Å². The molecule has 1 aliphatic heterocycles. The van der Waals surface area contributed by atoms with Gasteiger partial charge in [-0.3, -0.25) is 4.79 Å². The van der Waals surface area contributed by atoms with Gasteiger partial charge in [0.05, 0.1) is 10.7 Å². The lowest BCUT2D eigenvalue weighted by atomic mass is 9.97. The molecule has 7 heteroatoms. The van der Waals surface area contributed by atoms with E-state index in [1.165, 1.54) is 18.2 Å². The standard InChI is InChI=1S/C21H19ClN2O3S/c1-3-14-9-5-6-10-16(14)20-15(4-2)13-18(23-20)21(25)24-28(26,27)19-12-8-7-11-17(19)22/h4-13H,3H2,1-2H3,(H,24,25)/b15-4+. The Hall–Kier alpha value is -2.70. The van der Waals surface area contributed by atoms with Crippen molar-refractivity contribution < 1.29 is 13.2 Å². The van der Waals surface area contributed by atoms with Crippen molar-refractivity contribution in [3.05, 3.63) is 88.1 Å². The quantitative estimate of drug-likeness (QED) is 0.802. The Kier molecular flexibility index (Phi) is 5.82. The van der Waals surface area contributed by atoms with Crippen LogP contribution in [0.2, 0.25) is 5.02 Å². The Labute approximate surface area is 169 Å². The number of amides is 1. The number of benzene rings is 2. The van der Waals surface area contributed by atoms with Crippen LogP contribution in [0.3, 0.4) is 0 Å². The zero-order valence-corrected chi connectivity index (χ0v) is 17.0. The van der Waals surface area contributed by atoms with Gasteiger partial charge in [0.1, 0.15) is 10.6 Å². The number of halogens is 1. The molecule has 0 aliphatic carbocycles. The van der Waals surface area contributed by atoms with Crippen LogP contribution >= 0.6 is 11.6 Å². The fraction of sp³-hybridized carbons (Fsp3) is 0.143. The van der Waals surface area contributed by atoms with Crippen molar-refractivity contribution in [1.29, 1.82) is 0 Å². The molecule has 2 aromatic rings. The zero-order chi connectivity index (χ0) is 20.3.